The number of hydrogen-bond donors (Lipinski definition) is 0. The van der Waals surface area contributed by atoms with Gasteiger partial charge in [-0.15, -0.1) is 0 Å². The molecule has 0 bridgehead atoms. The molecule has 0 radical (unpaired) electrons. The maximum atomic E-state index is 12.8. The average molecular weight is 917 g/mol. The van der Waals surface area contributed by atoms with Crippen molar-refractivity contribution >= 4 is 11.9 Å². The van der Waals surface area contributed by atoms with Crippen molar-refractivity contribution in [1.29, 1.82) is 0 Å². The van der Waals surface area contributed by atoms with Crippen LogP contribution in [0.5, 0.6) is 0 Å². The summed E-state index contributed by atoms with van der Waals surface area (Å²) >= 11 is 0. The third kappa shape index (κ3) is 53.4. The first-order valence-electron chi connectivity index (χ1n) is 27.8. The molecule has 0 aromatic heterocycles. The molecular formula is C61H104O5. The molecule has 378 valence electrons. The Labute approximate surface area is 409 Å². The van der Waals surface area contributed by atoms with Crippen molar-refractivity contribution in [2.45, 2.75) is 258 Å². The fraction of sp³-hybridized carbons (Fsp3) is 0.705. The molecule has 5 nitrogen and oxygen atoms in total. The van der Waals surface area contributed by atoms with E-state index in [0.29, 0.717) is 19.4 Å². The van der Waals surface area contributed by atoms with Crippen molar-refractivity contribution in [3.8, 4) is 0 Å². The fourth-order valence-corrected chi connectivity index (χ4v) is 7.46. The molecule has 1 atom stereocenters. The Bertz CT molecular complexity index is 1270. The first-order valence-corrected chi connectivity index (χ1v) is 27.8. The van der Waals surface area contributed by atoms with Gasteiger partial charge < -0.3 is 14.2 Å². The van der Waals surface area contributed by atoms with E-state index in [9.17, 15) is 9.59 Å². The number of rotatable bonds is 50. The second-order valence-corrected chi connectivity index (χ2v) is 18.1. The van der Waals surface area contributed by atoms with Crippen LogP contribution in [-0.2, 0) is 23.8 Å². The Balaban J connectivity index is 4.34. The zero-order valence-electron chi connectivity index (χ0n) is 43.4. The summed E-state index contributed by atoms with van der Waals surface area (Å²) in [4.78, 5) is 25.4. The van der Waals surface area contributed by atoms with Gasteiger partial charge in [0.05, 0.1) is 6.61 Å². The minimum Gasteiger partial charge on any atom is -0.462 e. The van der Waals surface area contributed by atoms with Crippen molar-refractivity contribution in [2.75, 3.05) is 19.8 Å². The van der Waals surface area contributed by atoms with Gasteiger partial charge in [-0.3, -0.25) is 9.59 Å². The second kappa shape index (κ2) is 56.1. The smallest absolute Gasteiger partial charge is 0.306 e. The number of ether oxygens (including phenoxy) is 3. The molecule has 0 N–H and O–H groups in total. The van der Waals surface area contributed by atoms with E-state index in [4.69, 9.17) is 14.2 Å². The van der Waals surface area contributed by atoms with Gasteiger partial charge in [-0.05, 0) is 109 Å². The van der Waals surface area contributed by atoms with Crippen LogP contribution in [0.3, 0.4) is 0 Å². The van der Waals surface area contributed by atoms with Gasteiger partial charge in [0.1, 0.15) is 6.61 Å². The molecule has 0 fully saturated rings. The van der Waals surface area contributed by atoms with Crippen LogP contribution < -0.4 is 0 Å². The van der Waals surface area contributed by atoms with Gasteiger partial charge in [-0.2, -0.15) is 0 Å². The molecule has 0 heterocycles. The third-order valence-corrected chi connectivity index (χ3v) is 11.6. The third-order valence-electron chi connectivity index (χ3n) is 11.6. The Kier molecular flexibility index (Phi) is 53.4. The molecule has 0 aromatic carbocycles. The Morgan fingerprint density at radius 3 is 1.21 bits per heavy atom. The molecule has 0 spiro atoms. The lowest BCUT2D eigenvalue weighted by Gasteiger charge is -2.18. The molecule has 1 unspecified atom stereocenters. The monoisotopic (exact) mass is 917 g/mol. The summed E-state index contributed by atoms with van der Waals surface area (Å²) in [5.41, 5.74) is 0. The predicted molar refractivity (Wildman–Crippen MR) is 288 cm³/mol. The van der Waals surface area contributed by atoms with Crippen LogP contribution in [-0.4, -0.2) is 37.9 Å². The molecule has 0 aliphatic carbocycles. The van der Waals surface area contributed by atoms with Gasteiger partial charge in [-0.1, -0.05) is 227 Å². The van der Waals surface area contributed by atoms with Gasteiger partial charge in [0.15, 0.2) is 6.10 Å². The molecule has 0 aliphatic rings. The van der Waals surface area contributed by atoms with Gasteiger partial charge >= 0.3 is 11.9 Å². The molecule has 0 aromatic rings. The summed E-state index contributed by atoms with van der Waals surface area (Å²) in [6, 6.07) is 0. The lowest BCUT2D eigenvalue weighted by atomic mass is 10.1. The maximum Gasteiger partial charge on any atom is 0.306 e. The lowest BCUT2D eigenvalue weighted by molar-refractivity contribution is -0.163. The molecule has 5 heteroatoms. The predicted octanol–water partition coefficient (Wildman–Crippen LogP) is 19.0. The summed E-state index contributed by atoms with van der Waals surface area (Å²) in [7, 11) is 0. The van der Waals surface area contributed by atoms with Crippen LogP contribution in [0.4, 0.5) is 0 Å². The highest BCUT2D eigenvalue weighted by atomic mass is 16.6. The van der Waals surface area contributed by atoms with Crippen molar-refractivity contribution in [2.24, 2.45) is 0 Å². The number of unbranched alkanes of at least 4 members (excludes halogenated alkanes) is 23. The molecule has 0 rings (SSSR count). The van der Waals surface area contributed by atoms with E-state index >= 15 is 0 Å². The molecule has 0 saturated carbocycles. The topological polar surface area (TPSA) is 61.8 Å². The van der Waals surface area contributed by atoms with E-state index in [1.54, 1.807) is 0 Å². The Morgan fingerprint density at radius 2 is 0.727 bits per heavy atom. The van der Waals surface area contributed by atoms with Gasteiger partial charge in [0, 0.05) is 19.4 Å². The first kappa shape index (κ1) is 62.8. The highest BCUT2D eigenvalue weighted by Crippen LogP contribution is 2.14. The summed E-state index contributed by atoms with van der Waals surface area (Å²) in [6.45, 7) is 7.58. The number of carbonyl (C=O) groups is 2. The molecule has 0 saturated heterocycles. The van der Waals surface area contributed by atoms with Gasteiger partial charge in [-0.25, -0.2) is 0 Å². The number of allylic oxidation sites excluding steroid dienone is 16. The van der Waals surface area contributed by atoms with Crippen LogP contribution in [0, 0.1) is 0 Å². The average Bonchev–Trinajstić information content (AvgIpc) is 3.32. The normalized spacial score (nSPS) is 13.0. The standard InChI is InChI=1S/C61H104O5/c1-4-7-10-13-16-19-22-25-27-29-30-31-33-35-38-41-44-47-50-53-56-64-57-59(66-61(63)55-52-49-46-43-40-36-24-21-18-15-12-9-6-3)58-65-60(62)54-51-48-45-42-39-37-34-32-28-26-23-20-17-14-11-8-5-2/h8,11-12,15,17,20-21,24-28,34,37,42,45,59H,4-7,9-10,13-14,16,18-19,22-23,29-33,35-36,38-41,43-44,46-58H2,1-3H3/b11-8-,15-12-,20-17-,24-21-,27-25-,28-26-,37-34-,45-42-. The highest BCUT2D eigenvalue weighted by Gasteiger charge is 2.17. The number of hydrogen-bond acceptors (Lipinski definition) is 5. The summed E-state index contributed by atoms with van der Waals surface area (Å²) in [6.07, 6.45) is 75.8. The van der Waals surface area contributed by atoms with E-state index in [1.165, 1.54) is 122 Å². The SMILES string of the molecule is CC/C=C\C/C=C\C/C=C\C/C=C\C/C=C\CCCC(=O)OCC(COCCCCCCCCCCCC/C=C\CCCCCCCC)OC(=O)CCCCCCC/C=C\C/C=C\CCC. The Hall–Kier alpha value is -3.18. The zero-order chi connectivity index (χ0) is 47.7. The van der Waals surface area contributed by atoms with Crippen molar-refractivity contribution in [3.63, 3.8) is 0 Å². The van der Waals surface area contributed by atoms with E-state index in [0.717, 1.165) is 96.3 Å². The summed E-state index contributed by atoms with van der Waals surface area (Å²) in [5, 5.41) is 0. The second-order valence-electron chi connectivity index (χ2n) is 18.1. The molecular weight excluding hydrogens is 813 g/mol. The fourth-order valence-electron chi connectivity index (χ4n) is 7.46. The summed E-state index contributed by atoms with van der Waals surface area (Å²) in [5.74, 6) is -0.481. The van der Waals surface area contributed by atoms with Crippen molar-refractivity contribution < 1.29 is 23.8 Å². The van der Waals surface area contributed by atoms with Crippen LogP contribution >= 0.6 is 0 Å². The van der Waals surface area contributed by atoms with E-state index in [2.05, 4.69) is 118 Å². The minimum atomic E-state index is -0.572. The van der Waals surface area contributed by atoms with Crippen LogP contribution in [0.25, 0.3) is 0 Å². The molecule has 0 amide bonds. The minimum absolute atomic E-state index is 0.0457. The van der Waals surface area contributed by atoms with E-state index in [-0.39, 0.29) is 25.2 Å². The van der Waals surface area contributed by atoms with Crippen LogP contribution in [0.2, 0.25) is 0 Å². The molecule has 66 heavy (non-hydrogen) atoms. The molecule has 0 aliphatic heterocycles. The largest absolute Gasteiger partial charge is 0.462 e. The van der Waals surface area contributed by atoms with Gasteiger partial charge in [0.2, 0.25) is 0 Å². The highest BCUT2D eigenvalue weighted by molar-refractivity contribution is 5.70. The van der Waals surface area contributed by atoms with Crippen LogP contribution in [0.15, 0.2) is 97.2 Å². The van der Waals surface area contributed by atoms with Crippen LogP contribution in [0.1, 0.15) is 252 Å². The Morgan fingerprint density at radius 1 is 0.348 bits per heavy atom. The van der Waals surface area contributed by atoms with Crippen molar-refractivity contribution in [3.05, 3.63) is 97.2 Å². The summed E-state index contributed by atoms with van der Waals surface area (Å²) < 4.78 is 17.4. The number of esters is 2. The quantitative estimate of drug-likeness (QED) is 0.0346. The maximum absolute atomic E-state index is 12.8. The van der Waals surface area contributed by atoms with E-state index in [1.807, 2.05) is 0 Å². The van der Waals surface area contributed by atoms with E-state index < -0.39 is 6.10 Å². The zero-order valence-corrected chi connectivity index (χ0v) is 43.4. The first-order chi connectivity index (χ1) is 32.6. The van der Waals surface area contributed by atoms with Crippen molar-refractivity contribution in [1.82, 2.24) is 0 Å². The lowest BCUT2D eigenvalue weighted by Crippen LogP contribution is -2.30. The van der Waals surface area contributed by atoms with Gasteiger partial charge in [0.25, 0.3) is 0 Å². The number of carbonyl (C=O) groups excluding carboxylic acids is 2.